The van der Waals surface area contributed by atoms with Crippen molar-refractivity contribution in [3.05, 3.63) is 29.8 Å². The summed E-state index contributed by atoms with van der Waals surface area (Å²) in [5.41, 5.74) is 1.78. The zero-order valence-corrected chi connectivity index (χ0v) is 13.0. The molecule has 1 aliphatic rings. The van der Waals surface area contributed by atoms with Gasteiger partial charge in [0.15, 0.2) is 0 Å². The van der Waals surface area contributed by atoms with Gasteiger partial charge in [-0.15, -0.1) is 0 Å². The van der Waals surface area contributed by atoms with Gasteiger partial charge in [-0.05, 0) is 50.5 Å². The number of piperidine rings is 1. The normalized spacial score (nSPS) is 16.0. The predicted molar refractivity (Wildman–Crippen MR) is 83.9 cm³/mol. The van der Waals surface area contributed by atoms with Crippen molar-refractivity contribution in [1.29, 1.82) is 0 Å². The van der Waals surface area contributed by atoms with Gasteiger partial charge in [-0.2, -0.15) is 0 Å². The fourth-order valence-electron chi connectivity index (χ4n) is 2.59. The molecule has 4 heteroatoms. The Bertz CT molecular complexity index is 436. The van der Waals surface area contributed by atoms with Gasteiger partial charge >= 0.3 is 5.97 Å². The molecule has 0 N–H and O–H groups in total. The number of ether oxygens (including phenoxy) is 2. The van der Waals surface area contributed by atoms with Gasteiger partial charge in [0.2, 0.25) is 0 Å². The second-order valence-corrected chi connectivity index (χ2v) is 5.32. The first kappa shape index (κ1) is 15.8. The molecule has 1 aliphatic heterocycles. The number of esters is 1. The molecule has 0 radical (unpaired) electrons. The smallest absolute Gasteiger partial charge is 0.338 e. The van der Waals surface area contributed by atoms with Gasteiger partial charge in [0.25, 0.3) is 0 Å². The molecule has 0 saturated carbocycles. The molecule has 21 heavy (non-hydrogen) atoms. The van der Waals surface area contributed by atoms with Crippen LogP contribution < -0.4 is 4.90 Å². The standard InChI is InChI=1S/C17H25NO3/c1-3-13-21-16-9-11-18(12-10-16)15-7-5-14(6-8-15)17(19)20-4-2/h5-8,16H,3-4,9-13H2,1-2H3. The topological polar surface area (TPSA) is 38.8 Å². The van der Waals surface area contributed by atoms with Crippen LogP contribution in [-0.4, -0.2) is 38.4 Å². The molecule has 0 atom stereocenters. The molecular weight excluding hydrogens is 266 g/mol. The average Bonchev–Trinajstić information content (AvgIpc) is 2.54. The fraction of sp³-hybridized carbons (Fsp3) is 0.588. The summed E-state index contributed by atoms with van der Waals surface area (Å²) in [4.78, 5) is 14.0. The van der Waals surface area contributed by atoms with E-state index in [-0.39, 0.29) is 5.97 Å². The number of hydrogen-bond donors (Lipinski definition) is 0. The van der Waals surface area contributed by atoms with Crippen LogP contribution in [0, 0.1) is 0 Å². The lowest BCUT2D eigenvalue weighted by Gasteiger charge is -2.33. The minimum Gasteiger partial charge on any atom is -0.462 e. The molecule has 1 saturated heterocycles. The molecule has 2 rings (SSSR count). The van der Waals surface area contributed by atoms with E-state index < -0.39 is 0 Å². The molecule has 0 amide bonds. The Morgan fingerprint density at radius 3 is 2.43 bits per heavy atom. The molecule has 116 valence electrons. The highest BCUT2D eigenvalue weighted by Gasteiger charge is 2.19. The summed E-state index contributed by atoms with van der Waals surface area (Å²) in [6, 6.07) is 7.68. The highest BCUT2D eigenvalue weighted by atomic mass is 16.5. The number of rotatable bonds is 6. The summed E-state index contributed by atoms with van der Waals surface area (Å²) in [6.45, 7) is 7.24. The zero-order chi connectivity index (χ0) is 15.1. The summed E-state index contributed by atoms with van der Waals surface area (Å²) in [7, 11) is 0. The van der Waals surface area contributed by atoms with Crippen molar-refractivity contribution in [2.45, 2.75) is 39.2 Å². The van der Waals surface area contributed by atoms with E-state index in [9.17, 15) is 4.79 Å². The van der Waals surface area contributed by atoms with Crippen molar-refractivity contribution in [1.82, 2.24) is 0 Å². The van der Waals surface area contributed by atoms with E-state index in [1.54, 1.807) is 0 Å². The van der Waals surface area contributed by atoms with Crippen molar-refractivity contribution in [3.63, 3.8) is 0 Å². The van der Waals surface area contributed by atoms with E-state index in [0.29, 0.717) is 18.3 Å². The Morgan fingerprint density at radius 1 is 1.19 bits per heavy atom. The van der Waals surface area contributed by atoms with Crippen LogP contribution >= 0.6 is 0 Å². The van der Waals surface area contributed by atoms with Crippen molar-refractivity contribution in [2.75, 3.05) is 31.2 Å². The first-order valence-corrected chi connectivity index (χ1v) is 7.88. The van der Waals surface area contributed by atoms with Crippen LogP contribution in [0.15, 0.2) is 24.3 Å². The van der Waals surface area contributed by atoms with Crippen molar-refractivity contribution >= 4 is 11.7 Å². The first-order chi connectivity index (χ1) is 10.2. The monoisotopic (exact) mass is 291 g/mol. The molecule has 0 bridgehead atoms. The summed E-state index contributed by atoms with van der Waals surface area (Å²) >= 11 is 0. The van der Waals surface area contributed by atoms with E-state index in [0.717, 1.165) is 44.6 Å². The molecule has 1 fully saturated rings. The Morgan fingerprint density at radius 2 is 1.86 bits per heavy atom. The van der Waals surface area contributed by atoms with Crippen LogP contribution in [0.4, 0.5) is 5.69 Å². The predicted octanol–water partition coefficient (Wildman–Crippen LogP) is 3.26. The lowest BCUT2D eigenvalue weighted by atomic mass is 10.1. The van der Waals surface area contributed by atoms with E-state index >= 15 is 0 Å². The lowest BCUT2D eigenvalue weighted by molar-refractivity contribution is 0.0375. The van der Waals surface area contributed by atoms with Gasteiger partial charge < -0.3 is 14.4 Å². The van der Waals surface area contributed by atoms with Crippen LogP contribution in [0.25, 0.3) is 0 Å². The molecule has 1 aromatic carbocycles. The minimum absolute atomic E-state index is 0.254. The molecule has 0 spiro atoms. The van der Waals surface area contributed by atoms with E-state index in [1.165, 1.54) is 0 Å². The molecule has 4 nitrogen and oxygen atoms in total. The average molecular weight is 291 g/mol. The van der Waals surface area contributed by atoms with Gasteiger partial charge in [-0.3, -0.25) is 0 Å². The molecule has 1 heterocycles. The number of nitrogens with zero attached hydrogens (tertiary/aromatic N) is 1. The quantitative estimate of drug-likeness (QED) is 0.754. The third kappa shape index (κ3) is 4.46. The van der Waals surface area contributed by atoms with Gasteiger partial charge in [0, 0.05) is 25.4 Å². The van der Waals surface area contributed by atoms with E-state index in [1.807, 2.05) is 31.2 Å². The van der Waals surface area contributed by atoms with Gasteiger partial charge in [0.1, 0.15) is 0 Å². The van der Waals surface area contributed by atoms with E-state index in [2.05, 4.69) is 11.8 Å². The minimum atomic E-state index is -0.254. The molecule has 0 aliphatic carbocycles. The van der Waals surface area contributed by atoms with Crippen LogP contribution in [0.5, 0.6) is 0 Å². The summed E-state index contributed by atoms with van der Waals surface area (Å²) in [5, 5.41) is 0. The maximum Gasteiger partial charge on any atom is 0.338 e. The van der Waals surface area contributed by atoms with Crippen molar-refractivity contribution in [2.24, 2.45) is 0 Å². The van der Waals surface area contributed by atoms with Gasteiger partial charge in [-0.25, -0.2) is 4.79 Å². The van der Waals surface area contributed by atoms with Crippen molar-refractivity contribution < 1.29 is 14.3 Å². The Kier molecular flexibility index (Phi) is 6.05. The maximum atomic E-state index is 11.6. The Labute approximate surface area is 127 Å². The number of anilines is 1. The van der Waals surface area contributed by atoms with Crippen molar-refractivity contribution in [3.8, 4) is 0 Å². The first-order valence-electron chi connectivity index (χ1n) is 7.88. The van der Waals surface area contributed by atoms with Gasteiger partial charge in [0.05, 0.1) is 18.3 Å². The number of hydrogen-bond acceptors (Lipinski definition) is 4. The number of carbonyl (C=O) groups is 1. The molecule has 1 aromatic rings. The third-order valence-corrected chi connectivity index (χ3v) is 3.74. The maximum absolute atomic E-state index is 11.6. The SMILES string of the molecule is CCCOC1CCN(c2ccc(C(=O)OCC)cc2)CC1. The molecular formula is C17H25NO3. The highest BCUT2D eigenvalue weighted by Crippen LogP contribution is 2.22. The van der Waals surface area contributed by atoms with Crippen LogP contribution in [0.1, 0.15) is 43.5 Å². The van der Waals surface area contributed by atoms with Gasteiger partial charge in [-0.1, -0.05) is 6.92 Å². The van der Waals surface area contributed by atoms with Crippen LogP contribution in [-0.2, 0) is 9.47 Å². The van der Waals surface area contributed by atoms with E-state index in [4.69, 9.17) is 9.47 Å². The summed E-state index contributed by atoms with van der Waals surface area (Å²) < 4.78 is 10.8. The fourth-order valence-corrected chi connectivity index (χ4v) is 2.59. The zero-order valence-electron chi connectivity index (χ0n) is 13.0. The molecule has 0 unspecified atom stereocenters. The second-order valence-electron chi connectivity index (χ2n) is 5.32. The second kappa shape index (κ2) is 8.03. The number of carbonyl (C=O) groups excluding carboxylic acids is 1. The summed E-state index contributed by atoms with van der Waals surface area (Å²) in [6.07, 6.45) is 3.62. The van der Waals surface area contributed by atoms with Crippen LogP contribution in [0.3, 0.4) is 0 Å². The Hall–Kier alpha value is -1.55. The molecule has 0 aromatic heterocycles. The third-order valence-electron chi connectivity index (χ3n) is 3.74. The van der Waals surface area contributed by atoms with Crippen LogP contribution in [0.2, 0.25) is 0 Å². The number of benzene rings is 1. The Balaban J connectivity index is 1.87. The lowest BCUT2D eigenvalue weighted by Crippen LogP contribution is -2.37. The summed E-state index contributed by atoms with van der Waals surface area (Å²) in [5.74, 6) is -0.254. The largest absolute Gasteiger partial charge is 0.462 e. The highest BCUT2D eigenvalue weighted by molar-refractivity contribution is 5.89.